The zero-order chi connectivity index (χ0) is 29.3. The number of nitrogens with one attached hydrogen (secondary N) is 2. The van der Waals surface area contributed by atoms with Crippen molar-refractivity contribution in [3.8, 4) is 5.75 Å². The number of benzene rings is 3. The van der Waals surface area contributed by atoms with Crippen LogP contribution in [0, 0.1) is 6.92 Å². The summed E-state index contributed by atoms with van der Waals surface area (Å²) in [6.45, 7) is 2.54. The van der Waals surface area contributed by atoms with Gasteiger partial charge in [-0.15, -0.1) is 0 Å². The molecule has 1 fully saturated rings. The molecule has 0 bridgehead atoms. The van der Waals surface area contributed by atoms with Gasteiger partial charge in [-0.3, -0.25) is 9.59 Å². The highest BCUT2D eigenvalue weighted by Crippen LogP contribution is 2.41. The second-order valence-electron chi connectivity index (χ2n) is 10.4. The number of piperidine rings is 1. The molecule has 41 heavy (non-hydrogen) atoms. The molecule has 0 radical (unpaired) electrons. The summed E-state index contributed by atoms with van der Waals surface area (Å²) in [6, 6.07) is 19.3. The van der Waals surface area contributed by atoms with E-state index in [0.29, 0.717) is 23.4 Å². The van der Waals surface area contributed by atoms with Gasteiger partial charge in [0.25, 0.3) is 5.91 Å². The van der Waals surface area contributed by atoms with Crippen LogP contribution in [0.1, 0.15) is 46.8 Å². The van der Waals surface area contributed by atoms with Crippen molar-refractivity contribution in [3.05, 3.63) is 93.8 Å². The van der Waals surface area contributed by atoms with Crippen LogP contribution in [0.15, 0.2) is 76.4 Å². The summed E-state index contributed by atoms with van der Waals surface area (Å²) in [6.07, 6.45) is 2.82. The maximum atomic E-state index is 13.9. The van der Waals surface area contributed by atoms with Crippen LogP contribution in [0.2, 0.25) is 0 Å². The largest absolute Gasteiger partial charge is 0.496 e. The van der Waals surface area contributed by atoms with Gasteiger partial charge in [-0.2, -0.15) is 0 Å². The van der Waals surface area contributed by atoms with Gasteiger partial charge < -0.3 is 19.9 Å². The number of methoxy groups -OCH3 is 1. The molecule has 9 nitrogen and oxygen atoms in total. The number of carbonyl (C=O) groups is 1. The fourth-order valence-electron chi connectivity index (χ4n) is 5.50. The number of fused-ring (bicyclic) bond motifs is 1. The summed E-state index contributed by atoms with van der Waals surface area (Å²) in [5, 5.41) is 3.77. The fourth-order valence-corrected chi connectivity index (χ4v) is 6.43. The predicted molar refractivity (Wildman–Crippen MR) is 162 cm³/mol. The summed E-state index contributed by atoms with van der Waals surface area (Å²) >= 11 is 0. The third-order valence-electron chi connectivity index (χ3n) is 7.61. The molecular weight excluding hydrogens is 540 g/mol. The molecule has 1 aromatic heterocycles. The lowest BCUT2D eigenvalue weighted by Gasteiger charge is -2.39. The van der Waals surface area contributed by atoms with E-state index in [1.54, 1.807) is 37.4 Å². The van der Waals surface area contributed by atoms with Crippen molar-refractivity contribution in [1.29, 1.82) is 0 Å². The molecule has 1 aliphatic rings. The number of H-pyrrole nitrogens is 1. The molecule has 2 heterocycles. The molecule has 3 aromatic carbocycles. The average Bonchev–Trinajstić information content (AvgIpc) is 2.97. The molecule has 0 saturated carbocycles. The summed E-state index contributed by atoms with van der Waals surface area (Å²) in [5.74, 6) is 0.341. The molecule has 0 spiro atoms. The number of hydrogen-bond donors (Lipinski definition) is 2. The molecular formula is C31H34N4O5S. The predicted octanol–water partition coefficient (Wildman–Crippen LogP) is 5.08. The molecule has 2 N–H and O–H groups in total. The first kappa shape index (κ1) is 28.4. The van der Waals surface area contributed by atoms with E-state index >= 15 is 0 Å². The number of nitrogens with zero attached hydrogens (tertiary/aromatic N) is 2. The van der Waals surface area contributed by atoms with E-state index in [0.717, 1.165) is 45.8 Å². The third kappa shape index (κ3) is 5.57. The molecule has 1 saturated heterocycles. The van der Waals surface area contributed by atoms with Crippen LogP contribution in [0.3, 0.4) is 0 Å². The number of rotatable bonds is 7. The summed E-state index contributed by atoms with van der Waals surface area (Å²) in [4.78, 5) is 30.8. The number of aromatic amines is 1. The van der Waals surface area contributed by atoms with Crippen molar-refractivity contribution in [2.24, 2.45) is 0 Å². The van der Waals surface area contributed by atoms with E-state index < -0.39 is 15.9 Å². The molecule has 0 aliphatic carbocycles. The van der Waals surface area contributed by atoms with Gasteiger partial charge in [-0.25, -0.2) is 12.7 Å². The van der Waals surface area contributed by atoms with Crippen LogP contribution < -0.4 is 20.5 Å². The van der Waals surface area contributed by atoms with Crippen LogP contribution in [-0.4, -0.2) is 51.4 Å². The van der Waals surface area contributed by atoms with Gasteiger partial charge in [0, 0.05) is 48.9 Å². The van der Waals surface area contributed by atoms with E-state index in [9.17, 15) is 18.0 Å². The molecule has 1 aliphatic heterocycles. The van der Waals surface area contributed by atoms with E-state index in [-0.39, 0.29) is 22.1 Å². The quantitative estimate of drug-likeness (QED) is 0.319. The number of aryl methyl sites for hydroxylation is 1. The van der Waals surface area contributed by atoms with E-state index in [4.69, 9.17) is 4.74 Å². The number of pyridine rings is 1. The monoisotopic (exact) mass is 574 g/mol. The molecule has 214 valence electrons. The average molecular weight is 575 g/mol. The zero-order valence-electron chi connectivity index (χ0n) is 23.6. The number of hydrogen-bond acceptors (Lipinski definition) is 6. The number of anilines is 2. The Labute approximate surface area is 239 Å². The summed E-state index contributed by atoms with van der Waals surface area (Å²) in [7, 11) is 0.789. The Balaban J connectivity index is 1.60. The molecule has 4 aromatic rings. The molecule has 1 amide bonds. The zero-order valence-corrected chi connectivity index (χ0v) is 24.4. The van der Waals surface area contributed by atoms with Gasteiger partial charge in [-0.05, 0) is 74.2 Å². The van der Waals surface area contributed by atoms with Crippen LogP contribution in [0.25, 0.3) is 10.9 Å². The minimum atomic E-state index is -3.79. The van der Waals surface area contributed by atoms with Crippen molar-refractivity contribution in [2.75, 3.05) is 38.0 Å². The third-order valence-corrected chi connectivity index (χ3v) is 9.42. The maximum absolute atomic E-state index is 13.9. The van der Waals surface area contributed by atoms with Crippen molar-refractivity contribution in [1.82, 2.24) is 9.29 Å². The van der Waals surface area contributed by atoms with Gasteiger partial charge in [0.1, 0.15) is 5.75 Å². The Bertz CT molecular complexity index is 1780. The second-order valence-corrected chi connectivity index (χ2v) is 12.6. The van der Waals surface area contributed by atoms with Gasteiger partial charge in [0.15, 0.2) is 0 Å². The number of amides is 1. The molecule has 1 unspecified atom stereocenters. The van der Waals surface area contributed by atoms with Crippen molar-refractivity contribution >= 4 is 38.2 Å². The smallest absolute Gasteiger partial charge is 0.257 e. The van der Waals surface area contributed by atoms with Crippen molar-refractivity contribution in [2.45, 2.75) is 37.1 Å². The highest BCUT2D eigenvalue weighted by Gasteiger charge is 2.31. The molecule has 5 rings (SSSR count). The van der Waals surface area contributed by atoms with E-state index in [1.807, 2.05) is 31.2 Å². The summed E-state index contributed by atoms with van der Waals surface area (Å²) < 4.78 is 32.9. The first-order chi connectivity index (χ1) is 19.6. The fraction of sp³-hybridized carbons (Fsp3) is 0.290. The van der Waals surface area contributed by atoms with Crippen LogP contribution in [0.5, 0.6) is 5.75 Å². The normalized spacial score (nSPS) is 15.7. The first-order valence-corrected chi connectivity index (χ1v) is 15.0. The topological polar surface area (TPSA) is 112 Å². The van der Waals surface area contributed by atoms with Crippen LogP contribution in [0.4, 0.5) is 11.4 Å². The Morgan fingerprint density at radius 1 is 1.05 bits per heavy atom. The molecule has 10 heteroatoms. The maximum Gasteiger partial charge on any atom is 0.257 e. The van der Waals surface area contributed by atoms with Crippen molar-refractivity contribution in [3.63, 3.8) is 0 Å². The van der Waals surface area contributed by atoms with Crippen LogP contribution >= 0.6 is 0 Å². The lowest BCUT2D eigenvalue weighted by Crippen LogP contribution is -2.35. The van der Waals surface area contributed by atoms with Crippen LogP contribution in [-0.2, 0) is 10.0 Å². The standard InChI is InChI=1S/C31H34N4O5S/c1-20-17-30(36)33-26-14-12-21(18-24(20)26)32-31(37)25-19-22(41(38,39)34(2)3)13-15-28(25)35-16-8-7-10-27(35)23-9-5-6-11-29(23)40-4/h5-6,9,11-15,17-19,27H,7-8,10,16H2,1-4H3,(H,32,37)(H,33,36). The van der Waals surface area contributed by atoms with Gasteiger partial charge in [0.05, 0.1) is 29.3 Å². The summed E-state index contributed by atoms with van der Waals surface area (Å²) in [5.41, 5.74) is 3.72. The minimum absolute atomic E-state index is 0.0363. The van der Waals surface area contributed by atoms with E-state index in [2.05, 4.69) is 15.2 Å². The number of para-hydroxylation sites is 1. The SMILES string of the molecule is COc1ccccc1C1CCCCN1c1ccc(S(=O)(=O)N(C)C)cc1C(=O)Nc1ccc2[nH]c(=O)cc(C)c2c1. The Morgan fingerprint density at radius 2 is 1.83 bits per heavy atom. The van der Waals surface area contributed by atoms with E-state index in [1.165, 1.54) is 26.2 Å². The lowest BCUT2D eigenvalue weighted by atomic mass is 9.93. The Morgan fingerprint density at radius 3 is 2.59 bits per heavy atom. The number of ether oxygens (including phenoxy) is 1. The highest BCUT2D eigenvalue weighted by molar-refractivity contribution is 7.89. The Kier molecular flexibility index (Phi) is 7.88. The highest BCUT2D eigenvalue weighted by atomic mass is 32.2. The second kappa shape index (κ2) is 11.4. The number of sulfonamides is 1. The minimum Gasteiger partial charge on any atom is -0.496 e. The number of aromatic nitrogens is 1. The van der Waals surface area contributed by atoms with Gasteiger partial charge >= 0.3 is 0 Å². The molecule has 1 atom stereocenters. The first-order valence-electron chi connectivity index (χ1n) is 13.5. The Hall–Kier alpha value is -4.15. The van der Waals surface area contributed by atoms with Gasteiger partial charge in [-0.1, -0.05) is 18.2 Å². The van der Waals surface area contributed by atoms with Crippen molar-refractivity contribution < 1.29 is 17.9 Å². The lowest BCUT2D eigenvalue weighted by molar-refractivity contribution is 0.102. The number of carbonyl (C=O) groups excluding carboxylic acids is 1. The van der Waals surface area contributed by atoms with Gasteiger partial charge in [0.2, 0.25) is 15.6 Å².